The molecule has 0 amide bonds. The summed E-state index contributed by atoms with van der Waals surface area (Å²) in [5.41, 5.74) is 0. The Morgan fingerprint density at radius 3 is 2.89 bits per heavy atom. The van der Waals surface area contributed by atoms with E-state index in [-0.39, 0.29) is 0 Å². The van der Waals surface area contributed by atoms with Crippen LogP contribution in [-0.2, 0) is 0 Å². The lowest BCUT2D eigenvalue weighted by Gasteiger charge is -1.88. The zero-order valence-electron chi connectivity index (χ0n) is 6.09. The smallest absolute Gasteiger partial charge is 0.0514 e. The van der Waals surface area contributed by atoms with Crippen molar-refractivity contribution in [2.45, 2.75) is 6.92 Å². The van der Waals surface area contributed by atoms with E-state index in [0.717, 1.165) is 13.1 Å². The van der Waals surface area contributed by atoms with Gasteiger partial charge in [0, 0.05) is 12.8 Å². The molecule has 0 heterocycles. The van der Waals surface area contributed by atoms with Gasteiger partial charge in [-0.25, -0.2) is 0 Å². The quantitative estimate of drug-likeness (QED) is 0.438. The molecular weight excluding hydrogens is 112 g/mol. The van der Waals surface area contributed by atoms with Crippen LogP contribution in [0.25, 0.3) is 0 Å². The van der Waals surface area contributed by atoms with Crippen LogP contribution in [0.5, 0.6) is 0 Å². The average molecular weight is 126 g/mol. The Hall–Kier alpha value is -0.630. The molecule has 2 heteroatoms. The van der Waals surface area contributed by atoms with Gasteiger partial charge >= 0.3 is 0 Å². The minimum atomic E-state index is 0.862. The lowest BCUT2D eigenvalue weighted by molar-refractivity contribution is 0.804. The van der Waals surface area contributed by atoms with Crippen LogP contribution in [0.3, 0.4) is 0 Å². The lowest BCUT2D eigenvalue weighted by atomic mass is 10.5. The number of hydrogen-bond donors (Lipinski definition) is 1. The Balaban J connectivity index is 3.04. The third-order valence-corrected chi connectivity index (χ3v) is 0.875. The maximum atomic E-state index is 4.08. The first kappa shape index (κ1) is 8.37. The van der Waals surface area contributed by atoms with Crippen molar-refractivity contribution in [1.29, 1.82) is 0 Å². The Labute approximate surface area is 56.7 Å². The number of allylic oxidation sites excluding steroid dienone is 2. The second-order valence-corrected chi connectivity index (χ2v) is 1.68. The summed E-state index contributed by atoms with van der Waals surface area (Å²) in [5.74, 6) is 0. The topological polar surface area (TPSA) is 24.4 Å². The van der Waals surface area contributed by atoms with Gasteiger partial charge in [-0.1, -0.05) is 6.08 Å². The number of rotatable bonds is 4. The fourth-order valence-electron chi connectivity index (χ4n) is 0.398. The lowest BCUT2D eigenvalue weighted by Crippen LogP contribution is -2.10. The van der Waals surface area contributed by atoms with E-state index in [0.29, 0.717) is 0 Å². The highest BCUT2D eigenvalue weighted by Gasteiger charge is 1.72. The van der Waals surface area contributed by atoms with E-state index in [1.165, 1.54) is 0 Å². The van der Waals surface area contributed by atoms with Gasteiger partial charge in [0.1, 0.15) is 0 Å². The van der Waals surface area contributed by atoms with Crippen LogP contribution in [0.15, 0.2) is 17.1 Å². The average Bonchev–Trinajstić information content (AvgIpc) is 1.89. The summed E-state index contributed by atoms with van der Waals surface area (Å²) in [6, 6.07) is 0. The van der Waals surface area contributed by atoms with Gasteiger partial charge in [-0.05, 0) is 20.0 Å². The van der Waals surface area contributed by atoms with Crippen molar-refractivity contribution >= 4 is 6.21 Å². The third-order valence-electron chi connectivity index (χ3n) is 0.875. The molecule has 0 unspecified atom stereocenters. The molecule has 0 aromatic rings. The van der Waals surface area contributed by atoms with Gasteiger partial charge in [0.2, 0.25) is 0 Å². The summed E-state index contributed by atoms with van der Waals surface area (Å²) < 4.78 is 0. The maximum absolute atomic E-state index is 4.08. The van der Waals surface area contributed by atoms with Crippen LogP contribution >= 0.6 is 0 Å². The highest BCUT2D eigenvalue weighted by molar-refractivity contribution is 5.70. The van der Waals surface area contributed by atoms with E-state index < -0.39 is 0 Å². The van der Waals surface area contributed by atoms with Gasteiger partial charge < -0.3 is 5.32 Å². The van der Waals surface area contributed by atoms with E-state index in [1.807, 2.05) is 32.3 Å². The van der Waals surface area contributed by atoms with Crippen molar-refractivity contribution < 1.29 is 0 Å². The van der Waals surface area contributed by atoms with Gasteiger partial charge in [-0.3, -0.25) is 4.99 Å². The number of nitrogens with one attached hydrogen (secondary N) is 1. The van der Waals surface area contributed by atoms with Gasteiger partial charge in [0.25, 0.3) is 0 Å². The SMILES string of the molecule is C/C=C\C=NCCNC. The third kappa shape index (κ3) is 7.37. The van der Waals surface area contributed by atoms with Gasteiger partial charge in [0.05, 0.1) is 6.54 Å². The Bertz CT molecular complexity index is 95.1. The maximum Gasteiger partial charge on any atom is 0.0514 e. The largest absolute Gasteiger partial charge is 0.318 e. The zero-order valence-corrected chi connectivity index (χ0v) is 6.09. The molecule has 0 bridgehead atoms. The molecule has 1 N–H and O–H groups in total. The molecular formula is C7H14N2. The van der Waals surface area contributed by atoms with E-state index in [4.69, 9.17) is 0 Å². The first-order valence-corrected chi connectivity index (χ1v) is 3.17. The van der Waals surface area contributed by atoms with Crippen LogP contribution in [0.4, 0.5) is 0 Å². The minimum Gasteiger partial charge on any atom is -0.318 e. The van der Waals surface area contributed by atoms with Gasteiger partial charge in [0.15, 0.2) is 0 Å². The molecule has 0 atom stereocenters. The number of hydrogen-bond acceptors (Lipinski definition) is 2. The van der Waals surface area contributed by atoms with Crippen LogP contribution < -0.4 is 5.32 Å². The monoisotopic (exact) mass is 126 g/mol. The molecule has 0 rings (SSSR count). The van der Waals surface area contributed by atoms with Crippen LogP contribution in [0.1, 0.15) is 6.92 Å². The normalized spacial score (nSPS) is 11.8. The van der Waals surface area contributed by atoms with E-state index in [2.05, 4.69) is 10.3 Å². The van der Waals surface area contributed by atoms with Crippen molar-refractivity contribution in [2.75, 3.05) is 20.1 Å². The molecule has 0 fully saturated rings. The van der Waals surface area contributed by atoms with Crippen molar-refractivity contribution in [3.8, 4) is 0 Å². The zero-order chi connectivity index (χ0) is 6.95. The molecule has 2 nitrogen and oxygen atoms in total. The van der Waals surface area contributed by atoms with Gasteiger partial charge in [-0.2, -0.15) is 0 Å². The standard InChI is InChI=1S/C7H14N2/c1-3-4-5-9-7-6-8-2/h3-5,8H,6-7H2,1-2H3/b4-3-,9-5?. The summed E-state index contributed by atoms with van der Waals surface area (Å²) in [6.45, 7) is 3.79. The molecule has 0 aliphatic heterocycles. The molecule has 0 aromatic heterocycles. The fourth-order valence-corrected chi connectivity index (χ4v) is 0.398. The first-order valence-electron chi connectivity index (χ1n) is 3.17. The molecule has 0 aromatic carbocycles. The molecule has 9 heavy (non-hydrogen) atoms. The van der Waals surface area contributed by atoms with Crippen molar-refractivity contribution in [3.63, 3.8) is 0 Å². The minimum absolute atomic E-state index is 0.862. The number of nitrogens with zero attached hydrogens (tertiary/aromatic N) is 1. The number of likely N-dealkylation sites (N-methyl/N-ethyl adjacent to an activating group) is 1. The number of aliphatic imine (C=N–C) groups is 1. The predicted molar refractivity (Wildman–Crippen MR) is 42.1 cm³/mol. The van der Waals surface area contributed by atoms with Crippen molar-refractivity contribution in [2.24, 2.45) is 4.99 Å². The Kier molecular flexibility index (Phi) is 6.85. The van der Waals surface area contributed by atoms with Crippen molar-refractivity contribution in [3.05, 3.63) is 12.2 Å². The molecule has 52 valence electrons. The van der Waals surface area contributed by atoms with E-state index in [1.54, 1.807) is 0 Å². The summed E-state index contributed by atoms with van der Waals surface area (Å²) in [5, 5.41) is 3.01. The highest BCUT2D eigenvalue weighted by Crippen LogP contribution is 1.67. The highest BCUT2D eigenvalue weighted by atomic mass is 14.9. The molecule has 0 spiro atoms. The van der Waals surface area contributed by atoms with Crippen LogP contribution in [0, 0.1) is 0 Å². The summed E-state index contributed by atoms with van der Waals surface area (Å²) in [7, 11) is 1.92. The second-order valence-electron chi connectivity index (χ2n) is 1.68. The second kappa shape index (κ2) is 7.37. The Morgan fingerprint density at radius 2 is 2.33 bits per heavy atom. The summed E-state index contributed by atoms with van der Waals surface area (Å²) in [6.07, 6.45) is 5.70. The molecule has 0 saturated carbocycles. The van der Waals surface area contributed by atoms with Crippen molar-refractivity contribution in [1.82, 2.24) is 5.32 Å². The predicted octanol–water partition coefficient (Wildman–Crippen LogP) is 0.853. The summed E-state index contributed by atoms with van der Waals surface area (Å²) >= 11 is 0. The van der Waals surface area contributed by atoms with Crippen LogP contribution in [0.2, 0.25) is 0 Å². The summed E-state index contributed by atoms with van der Waals surface area (Å²) in [4.78, 5) is 4.08. The van der Waals surface area contributed by atoms with E-state index in [9.17, 15) is 0 Å². The molecule has 0 radical (unpaired) electrons. The molecule has 0 saturated heterocycles. The molecule has 0 aliphatic rings. The molecule has 0 aliphatic carbocycles. The first-order chi connectivity index (χ1) is 4.41. The fraction of sp³-hybridized carbons (Fsp3) is 0.571. The Morgan fingerprint density at radius 1 is 1.56 bits per heavy atom. The van der Waals surface area contributed by atoms with Crippen LogP contribution in [-0.4, -0.2) is 26.4 Å². The van der Waals surface area contributed by atoms with Gasteiger partial charge in [-0.15, -0.1) is 0 Å². The van der Waals surface area contributed by atoms with E-state index >= 15 is 0 Å².